The molecule has 1 saturated heterocycles. The van der Waals surface area contributed by atoms with Crippen LogP contribution in [0.1, 0.15) is 0 Å². The van der Waals surface area contributed by atoms with Gasteiger partial charge in [-0.05, 0) is 6.07 Å². The normalized spacial score (nSPS) is 15.1. The van der Waals surface area contributed by atoms with E-state index in [0.717, 1.165) is 6.07 Å². The summed E-state index contributed by atoms with van der Waals surface area (Å²) >= 11 is 1.25. The van der Waals surface area contributed by atoms with Crippen molar-refractivity contribution in [3.8, 4) is 0 Å². The average molecular weight is 364 g/mol. The van der Waals surface area contributed by atoms with Gasteiger partial charge < -0.3 is 9.80 Å². The fourth-order valence-electron chi connectivity index (χ4n) is 2.78. The number of fused-ring (bicyclic) bond motifs is 1. The van der Waals surface area contributed by atoms with Gasteiger partial charge in [-0.15, -0.1) is 0 Å². The molecule has 3 aromatic rings. The molecule has 0 saturated carbocycles. The van der Waals surface area contributed by atoms with E-state index >= 15 is 0 Å². The highest BCUT2D eigenvalue weighted by Crippen LogP contribution is 2.31. The quantitative estimate of drug-likeness (QED) is 0.705. The smallest absolute Gasteiger partial charge is 0.244 e. The Hall–Kier alpha value is -2.62. The predicted octanol–water partition coefficient (Wildman–Crippen LogP) is 1.51. The number of anilines is 1. The highest BCUT2D eigenvalue weighted by atomic mass is 32.1. The summed E-state index contributed by atoms with van der Waals surface area (Å²) in [7, 11) is 0. The molecule has 7 nitrogen and oxygen atoms in total. The first kappa shape index (κ1) is 15.9. The van der Waals surface area contributed by atoms with Gasteiger partial charge in [-0.1, -0.05) is 11.3 Å². The summed E-state index contributed by atoms with van der Waals surface area (Å²) < 4.78 is 29.1. The first-order chi connectivity index (χ1) is 12.1. The maximum absolute atomic E-state index is 13.8. The monoisotopic (exact) mass is 364 g/mol. The molecule has 0 bridgehead atoms. The van der Waals surface area contributed by atoms with Crippen LogP contribution in [0.5, 0.6) is 0 Å². The van der Waals surface area contributed by atoms with Gasteiger partial charge in [0, 0.05) is 32.2 Å². The van der Waals surface area contributed by atoms with Crippen LogP contribution in [0.3, 0.4) is 0 Å². The summed E-state index contributed by atoms with van der Waals surface area (Å²) in [6, 6.07) is 2.13. The van der Waals surface area contributed by atoms with Crippen molar-refractivity contribution < 1.29 is 13.6 Å². The zero-order chi connectivity index (χ0) is 17.4. The minimum absolute atomic E-state index is 0.0254. The first-order valence-corrected chi connectivity index (χ1v) is 8.52. The number of amides is 1. The standard InChI is InChI=1S/C15H14F2N6OS/c16-10-5-11(17)14-12(6-10)25-15(20-14)22-3-1-21(2-4-22)13(24)7-23-9-18-8-19-23/h5-6,8-9H,1-4,7H2. The van der Waals surface area contributed by atoms with Crippen LogP contribution < -0.4 is 4.90 Å². The van der Waals surface area contributed by atoms with Gasteiger partial charge in [0.2, 0.25) is 5.91 Å². The molecule has 1 fully saturated rings. The summed E-state index contributed by atoms with van der Waals surface area (Å²) in [6.07, 6.45) is 2.89. The van der Waals surface area contributed by atoms with Crippen molar-refractivity contribution in [3.63, 3.8) is 0 Å². The van der Waals surface area contributed by atoms with E-state index < -0.39 is 11.6 Å². The van der Waals surface area contributed by atoms with Crippen molar-refractivity contribution in [3.05, 3.63) is 36.4 Å². The van der Waals surface area contributed by atoms with Gasteiger partial charge in [0.15, 0.2) is 10.9 Å². The summed E-state index contributed by atoms with van der Waals surface area (Å²) in [5.74, 6) is -1.29. The second kappa shape index (κ2) is 6.36. The van der Waals surface area contributed by atoms with Crippen LogP contribution in [0.2, 0.25) is 0 Å². The van der Waals surface area contributed by atoms with Crippen LogP contribution in [-0.2, 0) is 11.3 Å². The number of nitrogens with zero attached hydrogens (tertiary/aromatic N) is 6. The fraction of sp³-hybridized carbons (Fsp3) is 0.333. The maximum atomic E-state index is 13.8. The third-order valence-electron chi connectivity index (χ3n) is 4.07. The number of carbonyl (C=O) groups excluding carboxylic acids is 1. The highest BCUT2D eigenvalue weighted by molar-refractivity contribution is 7.22. The van der Waals surface area contributed by atoms with Crippen molar-refractivity contribution >= 4 is 32.6 Å². The molecule has 0 N–H and O–H groups in total. The Morgan fingerprint density at radius 2 is 2.00 bits per heavy atom. The van der Waals surface area contributed by atoms with Crippen LogP contribution in [-0.4, -0.2) is 56.7 Å². The van der Waals surface area contributed by atoms with Crippen LogP contribution in [0, 0.1) is 11.6 Å². The Bertz CT molecular complexity index is 904. The number of hydrogen-bond acceptors (Lipinski definition) is 6. The molecule has 25 heavy (non-hydrogen) atoms. The molecule has 1 aliphatic heterocycles. The van der Waals surface area contributed by atoms with Crippen molar-refractivity contribution in [2.45, 2.75) is 6.54 Å². The average Bonchev–Trinajstić information content (AvgIpc) is 3.24. The molecular weight excluding hydrogens is 350 g/mol. The summed E-state index contributed by atoms with van der Waals surface area (Å²) in [5.41, 5.74) is 0.186. The number of aromatic nitrogens is 4. The molecule has 3 heterocycles. The Balaban J connectivity index is 1.43. The number of rotatable bonds is 3. The number of benzene rings is 1. The molecule has 0 radical (unpaired) electrons. The fourth-order valence-corrected chi connectivity index (χ4v) is 3.84. The largest absolute Gasteiger partial charge is 0.345 e. The lowest BCUT2D eigenvalue weighted by Gasteiger charge is -2.34. The zero-order valence-electron chi connectivity index (χ0n) is 13.1. The second-order valence-electron chi connectivity index (χ2n) is 5.69. The minimum Gasteiger partial charge on any atom is -0.345 e. The van der Waals surface area contributed by atoms with Gasteiger partial charge in [-0.3, -0.25) is 4.79 Å². The third-order valence-corrected chi connectivity index (χ3v) is 5.13. The third kappa shape index (κ3) is 3.16. The highest BCUT2D eigenvalue weighted by Gasteiger charge is 2.24. The van der Waals surface area contributed by atoms with Crippen molar-refractivity contribution in [1.29, 1.82) is 0 Å². The molecule has 130 valence electrons. The molecule has 0 atom stereocenters. The summed E-state index contributed by atoms with van der Waals surface area (Å²) in [5, 5.41) is 4.57. The van der Waals surface area contributed by atoms with Gasteiger partial charge in [0.1, 0.15) is 30.5 Å². The Labute approximate surface area is 145 Å². The molecule has 4 rings (SSSR count). The van der Waals surface area contributed by atoms with E-state index in [-0.39, 0.29) is 18.0 Å². The number of hydrogen-bond donors (Lipinski definition) is 0. The van der Waals surface area contributed by atoms with E-state index in [2.05, 4.69) is 15.1 Å². The SMILES string of the molecule is O=C(Cn1cncn1)N1CCN(c2nc3c(F)cc(F)cc3s2)CC1. The molecule has 1 aromatic carbocycles. The topological polar surface area (TPSA) is 67.2 Å². The van der Waals surface area contributed by atoms with Gasteiger partial charge in [0.05, 0.1) is 4.70 Å². The van der Waals surface area contributed by atoms with Crippen LogP contribution in [0.15, 0.2) is 24.8 Å². The molecule has 0 spiro atoms. The van der Waals surface area contributed by atoms with E-state index in [1.54, 1.807) is 4.90 Å². The van der Waals surface area contributed by atoms with Gasteiger partial charge in [0.25, 0.3) is 0 Å². The lowest BCUT2D eigenvalue weighted by Crippen LogP contribution is -2.49. The van der Waals surface area contributed by atoms with E-state index in [1.165, 1.54) is 34.7 Å². The molecule has 0 unspecified atom stereocenters. The van der Waals surface area contributed by atoms with Gasteiger partial charge in [-0.2, -0.15) is 5.10 Å². The maximum Gasteiger partial charge on any atom is 0.244 e. The van der Waals surface area contributed by atoms with Gasteiger partial charge >= 0.3 is 0 Å². The number of halogens is 2. The van der Waals surface area contributed by atoms with Crippen LogP contribution in [0.25, 0.3) is 10.2 Å². The minimum atomic E-state index is -0.654. The van der Waals surface area contributed by atoms with Gasteiger partial charge in [-0.25, -0.2) is 23.4 Å². The lowest BCUT2D eigenvalue weighted by molar-refractivity contribution is -0.132. The van der Waals surface area contributed by atoms with E-state index in [9.17, 15) is 13.6 Å². The zero-order valence-corrected chi connectivity index (χ0v) is 13.9. The molecule has 1 aliphatic rings. The first-order valence-electron chi connectivity index (χ1n) is 7.71. The number of piperazine rings is 1. The molecule has 2 aromatic heterocycles. The predicted molar refractivity (Wildman–Crippen MR) is 88.4 cm³/mol. The van der Waals surface area contributed by atoms with Crippen LogP contribution >= 0.6 is 11.3 Å². The number of thiazole rings is 1. The van der Waals surface area contributed by atoms with E-state index in [0.29, 0.717) is 36.0 Å². The van der Waals surface area contributed by atoms with Crippen molar-refractivity contribution in [1.82, 2.24) is 24.6 Å². The Morgan fingerprint density at radius 1 is 1.20 bits per heavy atom. The molecule has 0 aliphatic carbocycles. The van der Waals surface area contributed by atoms with Crippen molar-refractivity contribution in [2.24, 2.45) is 0 Å². The van der Waals surface area contributed by atoms with E-state index in [1.807, 2.05) is 4.90 Å². The molecule has 10 heteroatoms. The lowest BCUT2D eigenvalue weighted by atomic mass is 10.3. The summed E-state index contributed by atoms with van der Waals surface area (Å²) in [6.45, 7) is 2.42. The Morgan fingerprint density at radius 3 is 2.72 bits per heavy atom. The summed E-state index contributed by atoms with van der Waals surface area (Å²) in [4.78, 5) is 24.1. The number of carbonyl (C=O) groups is 1. The second-order valence-corrected chi connectivity index (χ2v) is 6.70. The molecular formula is C15H14F2N6OS. The van der Waals surface area contributed by atoms with Crippen molar-refractivity contribution in [2.75, 3.05) is 31.1 Å². The Kier molecular flexibility index (Phi) is 4.04. The van der Waals surface area contributed by atoms with E-state index in [4.69, 9.17) is 0 Å². The van der Waals surface area contributed by atoms with Crippen LogP contribution in [0.4, 0.5) is 13.9 Å². The molecule has 1 amide bonds.